The van der Waals surface area contributed by atoms with Gasteiger partial charge in [0.2, 0.25) is 0 Å². The first kappa shape index (κ1) is 12.7. The van der Waals surface area contributed by atoms with Gasteiger partial charge < -0.3 is 5.11 Å². The first-order valence-electron chi connectivity index (χ1n) is 5.47. The Hall–Kier alpha value is -2.76. The number of carboxylic acids is 1. The van der Waals surface area contributed by atoms with Crippen LogP contribution in [0, 0.1) is 0 Å². The monoisotopic (exact) mass is 257 g/mol. The second-order valence-corrected chi connectivity index (χ2v) is 3.82. The molecule has 0 saturated carbocycles. The molecule has 2 aromatic rings. The van der Waals surface area contributed by atoms with Crippen molar-refractivity contribution in [3.8, 4) is 0 Å². The van der Waals surface area contributed by atoms with Gasteiger partial charge in [0.25, 0.3) is 5.91 Å². The molecule has 2 heterocycles. The zero-order valence-electron chi connectivity index (χ0n) is 10.1. The summed E-state index contributed by atoms with van der Waals surface area (Å²) in [5.41, 5.74) is 0.174. The molecule has 0 aromatic carbocycles. The molecule has 6 nitrogen and oxygen atoms in total. The molecule has 0 aliphatic rings. The summed E-state index contributed by atoms with van der Waals surface area (Å²) in [4.78, 5) is 32.2. The van der Waals surface area contributed by atoms with Gasteiger partial charge in [0.05, 0.1) is 11.1 Å². The van der Waals surface area contributed by atoms with Crippen molar-refractivity contribution in [2.24, 2.45) is 0 Å². The minimum atomic E-state index is -1.12. The van der Waals surface area contributed by atoms with Crippen LogP contribution in [0.5, 0.6) is 0 Å². The molecule has 2 aromatic heterocycles. The molecule has 0 radical (unpaired) electrons. The fourth-order valence-electron chi connectivity index (χ4n) is 1.52. The van der Waals surface area contributed by atoms with Crippen LogP contribution >= 0.6 is 0 Å². The molecule has 96 valence electrons. The van der Waals surface area contributed by atoms with Crippen LogP contribution in [0.25, 0.3) is 0 Å². The third-order valence-corrected chi connectivity index (χ3v) is 2.53. The van der Waals surface area contributed by atoms with E-state index in [1.54, 1.807) is 31.4 Å². The lowest BCUT2D eigenvalue weighted by Crippen LogP contribution is -2.27. The van der Waals surface area contributed by atoms with E-state index in [9.17, 15) is 9.59 Å². The van der Waals surface area contributed by atoms with Crippen LogP contribution < -0.4 is 4.90 Å². The van der Waals surface area contributed by atoms with Gasteiger partial charge in [0.1, 0.15) is 5.82 Å². The minimum absolute atomic E-state index is 0.0275. The number of pyridine rings is 2. The van der Waals surface area contributed by atoms with E-state index in [0.29, 0.717) is 5.82 Å². The van der Waals surface area contributed by atoms with Crippen molar-refractivity contribution in [3.05, 3.63) is 54.0 Å². The average Bonchev–Trinajstić information content (AvgIpc) is 2.46. The number of aromatic nitrogens is 2. The zero-order valence-corrected chi connectivity index (χ0v) is 10.1. The van der Waals surface area contributed by atoms with E-state index in [-0.39, 0.29) is 17.0 Å². The van der Waals surface area contributed by atoms with Crippen molar-refractivity contribution in [3.63, 3.8) is 0 Å². The molecule has 1 amide bonds. The predicted molar refractivity (Wildman–Crippen MR) is 68.2 cm³/mol. The van der Waals surface area contributed by atoms with E-state index in [4.69, 9.17) is 5.11 Å². The molecule has 2 rings (SSSR count). The first-order valence-corrected chi connectivity index (χ1v) is 5.47. The SMILES string of the molecule is CN(C(=O)c1cncc(C(=O)O)c1)c1ccccn1. The molecule has 0 aliphatic carbocycles. The van der Waals surface area contributed by atoms with Gasteiger partial charge >= 0.3 is 5.97 Å². The molecule has 0 aliphatic heterocycles. The molecule has 19 heavy (non-hydrogen) atoms. The molecule has 1 N–H and O–H groups in total. The Labute approximate surface area is 109 Å². The van der Waals surface area contributed by atoms with Gasteiger partial charge in [-0.25, -0.2) is 9.78 Å². The lowest BCUT2D eigenvalue weighted by molar-refractivity contribution is 0.0696. The van der Waals surface area contributed by atoms with Gasteiger partial charge in [0.15, 0.2) is 0 Å². The predicted octanol–water partition coefficient (Wildman–Crippen LogP) is 1.45. The van der Waals surface area contributed by atoms with E-state index >= 15 is 0 Å². The Morgan fingerprint density at radius 3 is 2.58 bits per heavy atom. The van der Waals surface area contributed by atoms with Crippen molar-refractivity contribution in [2.75, 3.05) is 11.9 Å². The van der Waals surface area contributed by atoms with E-state index in [1.165, 1.54) is 23.4 Å². The molecule has 6 heteroatoms. The summed E-state index contributed by atoms with van der Waals surface area (Å²) < 4.78 is 0. The summed E-state index contributed by atoms with van der Waals surface area (Å²) in [6.07, 6.45) is 4.10. The van der Waals surface area contributed by atoms with E-state index < -0.39 is 5.97 Å². The number of aromatic carboxylic acids is 1. The van der Waals surface area contributed by atoms with Crippen molar-refractivity contribution >= 4 is 17.7 Å². The van der Waals surface area contributed by atoms with Crippen molar-refractivity contribution in [2.45, 2.75) is 0 Å². The van der Waals surface area contributed by atoms with Crippen molar-refractivity contribution in [1.29, 1.82) is 0 Å². The van der Waals surface area contributed by atoms with Crippen LogP contribution in [0.2, 0.25) is 0 Å². The molecular formula is C13H11N3O3. The largest absolute Gasteiger partial charge is 0.478 e. The third-order valence-electron chi connectivity index (χ3n) is 2.53. The highest BCUT2D eigenvalue weighted by molar-refractivity contribution is 6.06. The maximum atomic E-state index is 12.2. The molecule has 0 unspecified atom stereocenters. The lowest BCUT2D eigenvalue weighted by atomic mass is 10.2. The van der Waals surface area contributed by atoms with Gasteiger partial charge in [-0.15, -0.1) is 0 Å². The summed E-state index contributed by atoms with van der Waals surface area (Å²) in [7, 11) is 1.57. The number of hydrogen-bond donors (Lipinski definition) is 1. The van der Waals surface area contributed by atoms with Crippen LogP contribution in [0.15, 0.2) is 42.9 Å². The summed E-state index contributed by atoms with van der Waals surface area (Å²) >= 11 is 0. The Bertz CT molecular complexity index is 614. The second kappa shape index (κ2) is 5.26. The van der Waals surface area contributed by atoms with E-state index in [2.05, 4.69) is 9.97 Å². The van der Waals surface area contributed by atoms with Crippen LogP contribution in [-0.2, 0) is 0 Å². The van der Waals surface area contributed by atoms with Crippen LogP contribution in [0.1, 0.15) is 20.7 Å². The molecule has 0 atom stereocenters. The van der Waals surface area contributed by atoms with Gasteiger partial charge in [0, 0.05) is 25.6 Å². The quantitative estimate of drug-likeness (QED) is 0.899. The lowest BCUT2D eigenvalue weighted by Gasteiger charge is -2.15. The number of rotatable bonds is 3. The van der Waals surface area contributed by atoms with E-state index in [1.807, 2.05) is 0 Å². The standard InChI is InChI=1S/C13H11N3O3/c1-16(11-4-2-3-5-15-11)12(17)9-6-10(13(18)19)8-14-7-9/h2-8H,1H3,(H,18,19). The van der Waals surface area contributed by atoms with Crippen LogP contribution in [-0.4, -0.2) is 34.0 Å². The Morgan fingerprint density at radius 1 is 1.21 bits per heavy atom. The number of amides is 1. The smallest absolute Gasteiger partial charge is 0.337 e. The number of nitrogens with zero attached hydrogens (tertiary/aromatic N) is 3. The second-order valence-electron chi connectivity index (χ2n) is 3.82. The van der Waals surface area contributed by atoms with Gasteiger partial charge in [-0.1, -0.05) is 6.07 Å². The fraction of sp³-hybridized carbons (Fsp3) is 0.0769. The van der Waals surface area contributed by atoms with Crippen LogP contribution in [0.3, 0.4) is 0 Å². The van der Waals surface area contributed by atoms with Gasteiger partial charge in [-0.2, -0.15) is 0 Å². The molecule has 0 fully saturated rings. The third kappa shape index (κ3) is 2.74. The van der Waals surface area contributed by atoms with Gasteiger partial charge in [-0.05, 0) is 18.2 Å². The zero-order chi connectivity index (χ0) is 13.8. The molecule has 0 saturated heterocycles. The summed E-state index contributed by atoms with van der Waals surface area (Å²) in [5, 5.41) is 8.87. The molecule has 0 bridgehead atoms. The number of anilines is 1. The Kier molecular flexibility index (Phi) is 3.51. The normalized spacial score (nSPS) is 9.95. The van der Waals surface area contributed by atoms with E-state index in [0.717, 1.165) is 0 Å². The maximum absolute atomic E-state index is 12.2. The first-order chi connectivity index (χ1) is 9.09. The number of carboxylic acid groups (broad SMARTS) is 1. The minimum Gasteiger partial charge on any atom is -0.478 e. The summed E-state index contributed by atoms with van der Waals surface area (Å²) in [5.74, 6) is -1.01. The molecule has 0 spiro atoms. The highest BCUT2D eigenvalue weighted by atomic mass is 16.4. The molecular weight excluding hydrogens is 246 g/mol. The number of carbonyl (C=O) groups excluding carboxylic acids is 1. The number of carbonyl (C=O) groups is 2. The Morgan fingerprint density at radius 2 is 1.95 bits per heavy atom. The topological polar surface area (TPSA) is 83.4 Å². The summed E-state index contributed by atoms with van der Waals surface area (Å²) in [6, 6.07) is 6.48. The number of hydrogen-bond acceptors (Lipinski definition) is 4. The maximum Gasteiger partial charge on any atom is 0.337 e. The van der Waals surface area contributed by atoms with Crippen LogP contribution in [0.4, 0.5) is 5.82 Å². The fourth-order valence-corrected chi connectivity index (χ4v) is 1.52. The highest BCUT2D eigenvalue weighted by Gasteiger charge is 2.16. The average molecular weight is 257 g/mol. The summed E-state index contributed by atoms with van der Waals surface area (Å²) in [6.45, 7) is 0. The van der Waals surface area contributed by atoms with Crippen molar-refractivity contribution in [1.82, 2.24) is 9.97 Å². The van der Waals surface area contributed by atoms with Gasteiger partial charge in [-0.3, -0.25) is 14.7 Å². The van der Waals surface area contributed by atoms with Crippen molar-refractivity contribution < 1.29 is 14.7 Å². The highest BCUT2D eigenvalue weighted by Crippen LogP contribution is 2.12. The Balaban J connectivity index is 2.29.